The second kappa shape index (κ2) is 5.87. The fourth-order valence-corrected chi connectivity index (χ4v) is 2.77. The molecule has 1 saturated heterocycles. The summed E-state index contributed by atoms with van der Waals surface area (Å²) in [5.74, 6) is 0.703. The fraction of sp³-hybridized carbons (Fsp3) is 0.429. The zero-order chi connectivity index (χ0) is 13.9. The van der Waals surface area contributed by atoms with Crippen LogP contribution in [0.1, 0.15) is 0 Å². The molecule has 1 fully saturated rings. The van der Waals surface area contributed by atoms with E-state index in [0.717, 1.165) is 50.3 Å². The van der Waals surface area contributed by atoms with Crippen molar-refractivity contribution in [2.45, 2.75) is 6.54 Å². The average molecular weight is 290 g/mol. The van der Waals surface area contributed by atoms with Gasteiger partial charge in [0, 0.05) is 31.6 Å². The predicted molar refractivity (Wildman–Crippen MR) is 82.2 cm³/mol. The minimum atomic E-state index is 0.550. The molecule has 0 aliphatic carbocycles. The molecule has 0 radical (unpaired) electrons. The van der Waals surface area contributed by atoms with Crippen LogP contribution in [0.3, 0.4) is 0 Å². The van der Waals surface area contributed by atoms with Crippen molar-refractivity contribution in [2.24, 2.45) is 0 Å². The number of benzene rings is 1. The first-order chi connectivity index (χ1) is 9.75. The van der Waals surface area contributed by atoms with Crippen molar-refractivity contribution in [1.82, 2.24) is 14.5 Å². The monoisotopic (exact) mass is 290 g/mol. The molecule has 0 amide bonds. The molecule has 1 aromatic carbocycles. The molecular weight excluding hydrogens is 272 g/mol. The van der Waals surface area contributed by atoms with E-state index in [0.29, 0.717) is 10.6 Å². The van der Waals surface area contributed by atoms with Crippen LogP contribution in [0.4, 0.5) is 5.82 Å². The summed E-state index contributed by atoms with van der Waals surface area (Å²) in [6, 6.07) is 7.84. The number of rotatable bonds is 3. The second-order valence-electron chi connectivity index (χ2n) is 4.90. The van der Waals surface area contributed by atoms with Crippen molar-refractivity contribution in [2.75, 3.05) is 38.6 Å². The molecular formula is C14H18N4OS. The number of fused-ring (bicyclic) bond motifs is 1. The van der Waals surface area contributed by atoms with E-state index in [1.165, 1.54) is 0 Å². The Morgan fingerprint density at radius 2 is 1.95 bits per heavy atom. The largest absolute Gasteiger partial charge is 0.384 e. The highest BCUT2D eigenvalue weighted by Crippen LogP contribution is 2.19. The van der Waals surface area contributed by atoms with E-state index in [9.17, 15) is 0 Å². The Labute approximate surface area is 123 Å². The van der Waals surface area contributed by atoms with Gasteiger partial charge < -0.3 is 15.0 Å². The summed E-state index contributed by atoms with van der Waals surface area (Å²) >= 11 is 5.36. The molecule has 106 valence electrons. The lowest BCUT2D eigenvalue weighted by Gasteiger charge is -2.27. The average Bonchev–Trinajstić information content (AvgIpc) is 2.48. The summed E-state index contributed by atoms with van der Waals surface area (Å²) in [5.41, 5.74) is 7.11. The van der Waals surface area contributed by atoms with Crippen LogP contribution < -0.4 is 5.73 Å². The molecule has 0 unspecified atom stereocenters. The van der Waals surface area contributed by atoms with Gasteiger partial charge in [-0.25, -0.2) is 4.98 Å². The number of morpholine rings is 1. The molecule has 1 aromatic heterocycles. The van der Waals surface area contributed by atoms with E-state index in [1.54, 1.807) is 0 Å². The van der Waals surface area contributed by atoms with Gasteiger partial charge in [0.2, 0.25) is 4.77 Å². The Kier molecular flexibility index (Phi) is 3.95. The fourth-order valence-electron chi connectivity index (χ4n) is 2.48. The van der Waals surface area contributed by atoms with E-state index < -0.39 is 0 Å². The molecule has 2 aromatic rings. The third-order valence-electron chi connectivity index (χ3n) is 3.66. The third-order valence-corrected chi connectivity index (χ3v) is 3.97. The van der Waals surface area contributed by atoms with Gasteiger partial charge in [0.1, 0.15) is 5.82 Å². The maximum Gasteiger partial charge on any atom is 0.201 e. The van der Waals surface area contributed by atoms with E-state index in [1.807, 2.05) is 28.8 Å². The number of anilines is 1. The molecule has 1 aliphatic heterocycles. The van der Waals surface area contributed by atoms with Gasteiger partial charge in [-0.15, -0.1) is 0 Å². The van der Waals surface area contributed by atoms with Crippen LogP contribution in [-0.2, 0) is 11.3 Å². The number of aromatic nitrogens is 2. The predicted octanol–water partition coefficient (Wildman–Crippen LogP) is 1.68. The highest BCUT2D eigenvalue weighted by atomic mass is 32.1. The van der Waals surface area contributed by atoms with Crippen molar-refractivity contribution in [1.29, 1.82) is 0 Å². The molecule has 0 atom stereocenters. The summed E-state index contributed by atoms with van der Waals surface area (Å²) in [6.45, 7) is 5.22. The van der Waals surface area contributed by atoms with Crippen LogP contribution in [0.5, 0.6) is 0 Å². The third kappa shape index (κ3) is 2.67. The van der Waals surface area contributed by atoms with Gasteiger partial charge in [-0.3, -0.25) is 4.90 Å². The van der Waals surface area contributed by atoms with Crippen LogP contribution >= 0.6 is 12.2 Å². The van der Waals surface area contributed by atoms with Crippen molar-refractivity contribution in [3.8, 4) is 0 Å². The minimum absolute atomic E-state index is 0.550. The minimum Gasteiger partial charge on any atom is -0.384 e. The molecule has 5 nitrogen and oxygen atoms in total. The first-order valence-electron chi connectivity index (χ1n) is 6.81. The number of ether oxygens (including phenoxy) is 1. The van der Waals surface area contributed by atoms with E-state index in [2.05, 4.69) is 9.88 Å². The number of nitrogens with two attached hydrogens (primary N) is 1. The molecule has 20 heavy (non-hydrogen) atoms. The first-order valence-corrected chi connectivity index (χ1v) is 7.22. The van der Waals surface area contributed by atoms with Crippen molar-refractivity contribution in [3.63, 3.8) is 0 Å². The molecule has 0 spiro atoms. The van der Waals surface area contributed by atoms with Gasteiger partial charge >= 0.3 is 0 Å². The summed E-state index contributed by atoms with van der Waals surface area (Å²) in [5, 5.41) is 0.961. The summed E-state index contributed by atoms with van der Waals surface area (Å²) in [6.07, 6.45) is 0. The highest BCUT2D eigenvalue weighted by molar-refractivity contribution is 7.71. The molecule has 2 heterocycles. The topological polar surface area (TPSA) is 56.3 Å². The van der Waals surface area contributed by atoms with Crippen LogP contribution in [0.2, 0.25) is 0 Å². The van der Waals surface area contributed by atoms with Gasteiger partial charge in [-0.05, 0) is 24.4 Å². The Balaban J connectivity index is 1.85. The number of para-hydroxylation sites is 1. The molecule has 0 saturated carbocycles. The van der Waals surface area contributed by atoms with Gasteiger partial charge in [-0.1, -0.05) is 12.1 Å². The van der Waals surface area contributed by atoms with Crippen LogP contribution in [0.15, 0.2) is 24.3 Å². The van der Waals surface area contributed by atoms with Gasteiger partial charge in [0.25, 0.3) is 0 Å². The van der Waals surface area contributed by atoms with Crippen LogP contribution in [0, 0.1) is 4.77 Å². The Morgan fingerprint density at radius 1 is 1.20 bits per heavy atom. The van der Waals surface area contributed by atoms with E-state index in [4.69, 9.17) is 22.7 Å². The molecule has 2 N–H and O–H groups in total. The van der Waals surface area contributed by atoms with Gasteiger partial charge in [0.05, 0.1) is 18.7 Å². The molecule has 1 aliphatic rings. The highest BCUT2D eigenvalue weighted by Gasteiger charge is 2.12. The lowest BCUT2D eigenvalue weighted by Crippen LogP contribution is -2.38. The van der Waals surface area contributed by atoms with Gasteiger partial charge in [-0.2, -0.15) is 0 Å². The summed E-state index contributed by atoms with van der Waals surface area (Å²) in [7, 11) is 0. The lowest BCUT2D eigenvalue weighted by atomic mass is 10.2. The van der Waals surface area contributed by atoms with Crippen LogP contribution in [0.25, 0.3) is 10.9 Å². The number of nitrogen functional groups attached to an aromatic ring is 1. The number of hydrogen-bond acceptors (Lipinski definition) is 5. The SMILES string of the molecule is Nc1c2ccccc2nc(=S)n1CCN1CCOCC1. The number of nitrogens with zero attached hydrogens (tertiary/aromatic N) is 3. The van der Waals surface area contributed by atoms with Crippen molar-refractivity contribution < 1.29 is 4.74 Å². The maximum absolute atomic E-state index is 6.25. The Morgan fingerprint density at radius 3 is 2.75 bits per heavy atom. The normalized spacial score (nSPS) is 16.6. The zero-order valence-electron chi connectivity index (χ0n) is 11.3. The maximum atomic E-state index is 6.25. The Hall–Kier alpha value is -1.50. The molecule has 6 heteroatoms. The first kappa shape index (κ1) is 13.5. The quantitative estimate of drug-likeness (QED) is 0.872. The molecule has 0 bridgehead atoms. The van der Waals surface area contributed by atoms with Gasteiger partial charge in [0.15, 0.2) is 0 Å². The summed E-state index contributed by atoms with van der Waals surface area (Å²) < 4.78 is 7.82. The van der Waals surface area contributed by atoms with Crippen LogP contribution in [-0.4, -0.2) is 47.3 Å². The standard InChI is InChI=1S/C14H18N4OS/c15-13-11-3-1-2-4-12(11)16-14(20)18(13)6-5-17-7-9-19-10-8-17/h1-4H,5-10,15H2. The lowest BCUT2D eigenvalue weighted by molar-refractivity contribution is 0.0364. The Bertz CT molecular complexity index is 664. The van der Waals surface area contributed by atoms with E-state index >= 15 is 0 Å². The van der Waals surface area contributed by atoms with E-state index in [-0.39, 0.29) is 0 Å². The van der Waals surface area contributed by atoms with Crippen molar-refractivity contribution in [3.05, 3.63) is 29.0 Å². The second-order valence-corrected chi connectivity index (χ2v) is 5.27. The van der Waals surface area contributed by atoms with Crippen molar-refractivity contribution >= 4 is 28.9 Å². The molecule has 3 rings (SSSR count). The summed E-state index contributed by atoms with van der Waals surface area (Å²) in [4.78, 5) is 6.82. The number of hydrogen-bond donors (Lipinski definition) is 1. The zero-order valence-corrected chi connectivity index (χ0v) is 12.1. The smallest absolute Gasteiger partial charge is 0.201 e.